The van der Waals surface area contributed by atoms with Gasteiger partial charge in [-0.1, -0.05) is 24.3 Å². The van der Waals surface area contributed by atoms with Crippen molar-refractivity contribution in [2.75, 3.05) is 44.3 Å². The van der Waals surface area contributed by atoms with Gasteiger partial charge in [0.15, 0.2) is 0 Å². The Hall–Kier alpha value is -2.14. The maximum absolute atomic E-state index is 12.9. The van der Waals surface area contributed by atoms with Crippen LogP contribution in [-0.4, -0.2) is 55.2 Å². The van der Waals surface area contributed by atoms with Gasteiger partial charge in [0.25, 0.3) is 5.91 Å². The Morgan fingerprint density at radius 1 is 0.958 bits per heavy atom. The monoisotopic (exact) mass is 325 g/mol. The molecule has 0 saturated carbocycles. The highest BCUT2D eigenvalue weighted by Crippen LogP contribution is 2.29. The summed E-state index contributed by atoms with van der Waals surface area (Å²) in [5.74, 6) is 1.08. The predicted molar refractivity (Wildman–Crippen MR) is 94.5 cm³/mol. The molecule has 1 aromatic heterocycles. The zero-order valence-electron chi connectivity index (χ0n) is 13.9. The molecule has 0 N–H and O–H groups in total. The normalized spacial score (nSPS) is 18.8. The lowest BCUT2D eigenvalue weighted by atomic mass is 10.0. The molecule has 2 saturated heterocycles. The molecule has 0 atom stereocenters. The first kappa shape index (κ1) is 15.4. The smallest absolute Gasteiger partial charge is 0.256 e. The number of benzene rings is 1. The lowest BCUT2D eigenvalue weighted by Crippen LogP contribution is -2.40. The molecule has 2 fully saturated rings. The minimum atomic E-state index is 0.0622. The Labute approximate surface area is 142 Å². The van der Waals surface area contributed by atoms with Gasteiger partial charge in [0.1, 0.15) is 5.82 Å². The quantitative estimate of drug-likeness (QED) is 0.852. The number of ether oxygens (including phenoxy) is 1. The van der Waals surface area contributed by atoms with Gasteiger partial charge in [0, 0.05) is 37.8 Å². The molecule has 2 aliphatic rings. The van der Waals surface area contributed by atoms with Crippen LogP contribution in [0, 0.1) is 0 Å². The fourth-order valence-electron chi connectivity index (χ4n) is 3.64. The van der Waals surface area contributed by atoms with E-state index in [2.05, 4.69) is 11.0 Å². The molecule has 0 unspecified atom stereocenters. The van der Waals surface area contributed by atoms with E-state index in [1.54, 1.807) is 6.20 Å². The Kier molecular flexibility index (Phi) is 4.34. The maximum atomic E-state index is 12.9. The van der Waals surface area contributed by atoms with Crippen molar-refractivity contribution in [3.05, 3.63) is 36.0 Å². The fraction of sp³-hybridized carbons (Fsp3) is 0.474. The highest BCUT2D eigenvalue weighted by Gasteiger charge is 2.23. The standard InChI is InChI=1S/C19H23N3O2/c23-19(22-10-12-24-13-11-22)17-14-20-18(21-8-4-1-5-9-21)16-7-3-2-6-15(16)17/h2-3,6-7,14H,1,4-5,8-13H2. The number of hydrogen-bond acceptors (Lipinski definition) is 4. The van der Waals surface area contributed by atoms with E-state index < -0.39 is 0 Å². The lowest BCUT2D eigenvalue weighted by Gasteiger charge is -2.30. The molecule has 5 nitrogen and oxygen atoms in total. The van der Waals surface area contributed by atoms with Gasteiger partial charge in [-0.05, 0) is 24.6 Å². The minimum absolute atomic E-state index is 0.0622. The van der Waals surface area contributed by atoms with Crippen LogP contribution in [0.2, 0.25) is 0 Å². The average molecular weight is 325 g/mol. The highest BCUT2D eigenvalue weighted by molar-refractivity contribution is 6.09. The van der Waals surface area contributed by atoms with E-state index >= 15 is 0 Å². The molecule has 5 heteroatoms. The number of carbonyl (C=O) groups is 1. The highest BCUT2D eigenvalue weighted by atomic mass is 16.5. The van der Waals surface area contributed by atoms with Gasteiger partial charge >= 0.3 is 0 Å². The fourth-order valence-corrected chi connectivity index (χ4v) is 3.64. The van der Waals surface area contributed by atoms with Crippen LogP contribution in [0.25, 0.3) is 10.8 Å². The number of nitrogens with zero attached hydrogens (tertiary/aromatic N) is 3. The van der Waals surface area contributed by atoms with Gasteiger partial charge in [-0.15, -0.1) is 0 Å². The molecular formula is C19H23N3O2. The number of anilines is 1. The van der Waals surface area contributed by atoms with Crippen molar-refractivity contribution in [2.45, 2.75) is 19.3 Å². The molecule has 2 aromatic rings. The van der Waals surface area contributed by atoms with E-state index in [-0.39, 0.29) is 5.91 Å². The summed E-state index contributed by atoms with van der Waals surface area (Å²) in [6.07, 6.45) is 5.49. The van der Waals surface area contributed by atoms with E-state index in [1.165, 1.54) is 19.3 Å². The lowest BCUT2D eigenvalue weighted by molar-refractivity contribution is 0.0304. The molecule has 4 rings (SSSR count). The van der Waals surface area contributed by atoms with Crippen LogP contribution >= 0.6 is 0 Å². The van der Waals surface area contributed by atoms with Crippen LogP contribution in [0.15, 0.2) is 30.5 Å². The van der Waals surface area contributed by atoms with Crippen LogP contribution in [-0.2, 0) is 4.74 Å². The van der Waals surface area contributed by atoms with Crippen LogP contribution < -0.4 is 4.90 Å². The average Bonchev–Trinajstić information content (AvgIpc) is 2.68. The first-order chi connectivity index (χ1) is 11.8. The van der Waals surface area contributed by atoms with E-state index in [9.17, 15) is 4.79 Å². The second-order valence-corrected chi connectivity index (χ2v) is 6.49. The number of amides is 1. The van der Waals surface area contributed by atoms with Gasteiger partial charge in [0.05, 0.1) is 18.8 Å². The molecule has 0 aliphatic carbocycles. The molecule has 126 valence electrons. The zero-order valence-corrected chi connectivity index (χ0v) is 13.9. The first-order valence-electron chi connectivity index (χ1n) is 8.84. The number of rotatable bonds is 2. The molecule has 2 aliphatic heterocycles. The van der Waals surface area contributed by atoms with E-state index in [0.29, 0.717) is 31.9 Å². The number of morpholine rings is 1. The van der Waals surface area contributed by atoms with E-state index in [0.717, 1.165) is 29.7 Å². The first-order valence-corrected chi connectivity index (χ1v) is 8.84. The summed E-state index contributed by atoms with van der Waals surface area (Å²) in [5.41, 5.74) is 0.702. The van der Waals surface area contributed by atoms with Crippen molar-refractivity contribution < 1.29 is 9.53 Å². The third-order valence-electron chi connectivity index (χ3n) is 4.96. The van der Waals surface area contributed by atoms with Crippen molar-refractivity contribution >= 4 is 22.5 Å². The van der Waals surface area contributed by atoms with Gasteiger partial charge in [-0.3, -0.25) is 4.79 Å². The topological polar surface area (TPSA) is 45.7 Å². The molecule has 1 amide bonds. The summed E-state index contributed by atoms with van der Waals surface area (Å²) >= 11 is 0. The zero-order chi connectivity index (χ0) is 16.4. The molecule has 3 heterocycles. The SMILES string of the molecule is O=C(c1cnc(N2CCCCC2)c2ccccc12)N1CCOCC1. The Morgan fingerprint density at radius 3 is 2.42 bits per heavy atom. The molecular weight excluding hydrogens is 302 g/mol. The maximum Gasteiger partial charge on any atom is 0.256 e. The summed E-state index contributed by atoms with van der Waals surface area (Å²) in [5, 5.41) is 2.09. The van der Waals surface area contributed by atoms with Gasteiger partial charge in [0.2, 0.25) is 0 Å². The van der Waals surface area contributed by atoms with Crippen LogP contribution in [0.4, 0.5) is 5.82 Å². The minimum Gasteiger partial charge on any atom is -0.378 e. The van der Waals surface area contributed by atoms with Crippen molar-refractivity contribution in [3.8, 4) is 0 Å². The second-order valence-electron chi connectivity index (χ2n) is 6.49. The number of pyridine rings is 1. The number of fused-ring (bicyclic) bond motifs is 1. The molecule has 0 bridgehead atoms. The van der Waals surface area contributed by atoms with Crippen LogP contribution in [0.3, 0.4) is 0 Å². The summed E-state index contributed by atoms with van der Waals surface area (Å²) in [4.78, 5) is 21.8. The number of carbonyl (C=O) groups excluding carboxylic acids is 1. The third-order valence-corrected chi connectivity index (χ3v) is 4.96. The van der Waals surface area contributed by atoms with Crippen molar-refractivity contribution in [1.29, 1.82) is 0 Å². The summed E-state index contributed by atoms with van der Waals surface area (Å²) in [6.45, 7) is 4.63. The molecule has 1 aromatic carbocycles. The predicted octanol–water partition coefficient (Wildman–Crippen LogP) is 2.70. The Balaban J connectivity index is 1.73. The summed E-state index contributed by atoms with van der Waals surface area (Å²) in [6, 6.07) is 8.15. The largest absolute Gasteiger partial charge is 0.378 e. The number of hydrogen-bond donors (Lipinski definition) is 0. The van der Waals surface area contributed by atoms with Crippen molar-refractivity contribution in [2.24, 2.45) is 0 Å². The Morgan fingerprint density at radius 2 is 1.67 bits per heavy atom. The van der Waals surface area contributed by atoms with E-state index in [4.69, 9.17) is 9.72 Å². The van der Waals surface area contributed by atoms with Crippen molar-refractivity contribution in [3.63, 3.8) is 0 Å². The van der Waals surface area contributed by atoms with Crippen LogP contribution in [0.5, 0.6) is 0 Å². The van der Waals surface area contributed by atoms with Gasteiger partial charge < -0.3 is 14.5 Å². The summed E-state index contributed by atoms with van der Waals surface area (Å²) < 4.78 is 5.36. The Bertz CT molecular complexity index is 734. The summed E-state index contributed by atoms with van der Waals surface area (Å²) in [7, 11) is 0. The third kappa shape index (κ3) is 2.84. The number of piperidine rings is 1. The molecule has 0 radical (unpaired) electrons. The molecule has 24 heavy (non-hydrogen) atoms. The van der Waals surface area contributed by atoms with E-state index in [1.807, 2.05) is 23.1 Å². The number of aromatic nitrogens is 1. The van der Waals surface area contributed by atoms with Gasteiger partial charge in [-0.25, -0.2) is 4.98 Å². The van der Waals surface area contributed by atoms with Crippen LogP contribution in [0.1, 0.15) is 29.6 Å². The second kappa shape index (κ2) is 6.77. The van der Waals surface area contributed by atoms with Crippen molar-refractivity contribution in [1.82, 2.24) is 9.88 Å². The van der Waals surface area contributed by atoms with Gasteiger partial charge in [-0.2, -0.15) is 0 Å². The molecule has 0 spiro atoms.